The molecule has 0 saturated heterocycles. The maximum absolute atomic E-state index is 10.6. The van der Waals surface area contributed by atoms with Crippen LogP contribution in [0.25, 0.3) is 0 Å². The largest absolute Gasteiger partial charge is 0.481 e. The monoisotopic (exact) mass is 256 g/mol. The number of carboxylic acids is 1. The molecule has 0 aromatic carbocycles. The van der Waals surface area contributed by atoms with Gasteiger partial charge in [-0.2, -0.15) is 0 Å². The average Bonchev–Trinajstić information content (AvgIpc) is 2.53. The van der Waals surface area contributed by atoms with E-state index in [1.165, 1.54) is 4.88 Å². The van der Waals surface area contributed by atoms with Gasteiger partial charge in [0.05, 0.1) is 12.1 Å². The molecule has 0 amide bonds. The van der Waals surface area contributed by atoms with Crippen molar-refractivity contribution in [1.29, 1.82) is 0 Å². The van der Waals surface area contributed by atoms with Crippen LogP contribution in [-0.4, -0.2) is 29.1 Å². The number of anilines is 1. The summed E-state index contributed by atoms with van der Waals surface area (Å²) in [5, 5.41) is 9.70. The number of aromatic nitrogens is 1. The van der Waals surface area contributed by atoms with Crippen LogP contribution in [0.2, 0.25) is 0 Å². The molecule has 0 aliphatic heterocycles. The Balaban J connectivity index is 2.77. The maximum atomic E-state index is 10.6. The van der Waals surface area contributed by atoms with Crippen molar-refractivity contribution in [2.24, 2.45) is 5.92 Å². The van der Waals surface area contributed by atoms with Gasteiger partial charge in [0.2, 0.25) is 0 Å². The third-order valence-electron chi connectivity index (χ3n) is 2.47. The van der Waals surface area contributed by atoms with E-state index in [-0.39, 0.29) is 6.42 Å². The van der Waals surface area contributed by atoms with E-state index in [9.17, 15) is 4.79 Å². The number of aliphatic carboxylic acids is 1. The third kappa shape index (κ3) is 4.34. The van der Waals surface area contributed by atoms with Gasteiger partial charge in [-0.3, -0.25) is 4.79 Å². The van der Waals surface area contributed by atoms with E-state index < -0.39 is 5.97 Å². The Hall–Kier alpha value is -1.10. The van der Waals surface area contributed by atoms with Crippen LogP contribution in [0.1, 0.15) is 30.8 Å². The summed E-state index contributed by atoms with van der Waals surface area (Å²) in [7, 11) is 0. The first kappa shape index (κ1) is 14.0. The van der Waals surface area contributed by atoms with E-state index in [1.807, 2.05) is 13.8 Å². The zero-order valence-corrected chi connectivity index (χ0v) is 11.7. The highest BCUT2D eigenvalue weighted by Crippen LogP contribution is 2.25. The molecule has 0 atom stereocenters. The van der Waals surface area contributed by atoms with E-state index in [0.717, 1.165) is 17.4 Å². The second-order valence-electron chi connectivity index (χ2n) is 4.62. The number of carbonyl (C=O) groups is 1. The third-order valence-corrected chi connectivity index (χ3v) is 3.60. The van der Waals surface area contributed by atoms with Crippen LogP contribution >= 0.6 is 11.3 Å². The quantitative estimate of drug-likeness (QED) is 0.850. The van der Waals surface area contributed by atoms with Crippen molar-refractivity contribution in [3.05, 3.63) is 10.6 Å². The van der Waals surface area contributed by atoms with E-state index in [2.05, 4.69) is 23.7 Å². The highest BCUT2D eigenvalue weighted by molar-refractivity contribution is 7.15. The molecule has 0 aliphatic carbocycles. The van der Waals surface area contributed by atoms with Gasteiger partial charge < -0.3 is 10.0 Å². The Labute approximate surface area is 106 Å². The van der Waals surface area contributed by atoms with Gasteiger partial charge in [0.15, 0.2) is 5.13 Å². The summed E-state index contributed by atoms with van der Waals surface area (Å²) < 4.78 is 0. The van der Waals surface area contributed by atoms with Crippen molar-refractivity contribution in [3.63, 3.8) is 0 Å². The van der Waals surface area contributed by atoms with Gasteiger partial charge in [-0.15, -0.1) is 11.3 Å². The first-order valence-corrected chi connectivity index (χ1v) is 6.62. The van der Waals surface area contributed by atoms with Crippen LogP contribution in [0, 0.1) is 19.8 Å². The molecule has 0 saturated carbocycles. The predicted octanol–water partition coefficient (Wildman–Crippen LogP) is 2.70. The highest BCUT2D eigenvalue weighted by atomic mass is 32.1. The summed E-state index contributed by atoms with van der Waals surface area (Å²) in [4.78, 5) is 18.4. The molecule has 0 aliphatic rings. The summed E-state index contributed by atoms with van der Waals surface area (Å²) in [5.41, 5.74) is 1.04. The van der Waals surface area contributed by atoms with Crippen LogP contribution in [-0.2, 0) is 4.79 Å². The lowest BCUT2D eigenvalue weighted by Crippen LogP contribution is -2.29. The minimum absolute atomic E-state index is 0.157. The molecule has 1 rings (SSSR count). The Morgan fingerprint density at radius 3 is 2.53 bits per heavy atom. The Morgan fingerprint density at radius 2 is 2.12 bits per heavy atom. The molecule has 0 fully saturated rings. The molecule has 0 bridgehead atoms. The zero-order chi connectivity index (χ0) is 13.0. The van der Waals surface area contributed by atoms with E-state index >= 15 is 0 Å². The van der Waals surface area contributed by atoms with Crippen molar-refractivity contribution in [2.45, 2.75) is 34.1 Å². The van der Waals surface area contributed by atoms with Gasteiger partial charge in [-0.1, -0.05) is 13.8 Å². The average molecular weight is 256 g/mol. The van der Waals surface area contributed by atoms with Crippen LogP contribution in [0.15, 0.2) is 0 Å². The molecule has 0 radical (unpaired) electrons. The molecule has 0 spiro atoms. The fourth-order valence-electron chi connectivity index (χ4n) is 1.53. The lowest BCUT2D eigenvalue weighted by atomic mass is 10.2. The van der Waals surface area contributed by atoms with Crippen molar-refractivity contribution >= 4 is 22.4 Å². The van der Waals surface area contributed by atoms with E-state index in [4.69, 9.17) is 5.11 Å². The smallest absolute Gasteiger partial charge is 0.305 e. The number of rotatable bonds is 6. The molecule has 1 N–H and O–H groups in total. The second-order valence-corrected chi connectivity index (χ2v) is 5.80. The molecular weight excluding hydrogens is 236 g/mol. The van der Waals surface area contributed by atoms with Crippen molar-refractivity contribution < 1.29 is 9.90 Å². The molecule has 1 aromatic rings. The molecule has 17 heavy (non-hydrogen) atoms. The van der Waals surface area contributed by atoms with Gasteiger partial charge in [0, 0.05) is 18.0 Å². The molecule has 96 valence electrons. The minimum atomic E-state index is -0.760. The summed E-state index contributed by atoms with van der Waals surface area (Å²) in [6.45, 7) is 9.66. The molecule has 0 unspecified atom stereocenters. The van der Waals surface area contributed by atoms with Gasteiger partial charge in [-0.25, -0.2) is 4.98 Å². The van der Waals surface area contributed by atoms with Crippen LogP contribution in [0.5, 0.6) is 0 Å². The molecule has 1 aromatic heterocycles. The maximum Gasteiger partial charge on any atom is 0.305 e. The SMILES string of the molecule is Cc1nc(N(CCC(=O)O)CC(C)C)sc1C. The number of carboxylic acid groups (broad SMARTS) is 1. The summed E-state index contributed by atoms with van der Waals surface area (Å²) >= 11 is 1.64. The van der Waals surface area contributed by atoms with Crippen molar-refractivity contribution in [3.8, 4) is 0 Å². The minimum Gasteiger partial charge on any atom is -0.481 e. The fraction of sp³-hybridized carbons (Fsp3) is 0.667. The Kier molecular flexibility index (Phi) is 4.93. The number of hydrogen-bond donors (Lipinski definition) is 1. The summed E-state index contributed by atoms with van der Waals surface area (Å²) in [6, 6.07) is 0. The van der Waals surface area contributed by atoms with Gasteiger partial charge >= 0.3 is 5.97 Å². The predicted molar refractivity (Wildman–Crippen MR) is 70.9 cm³/mol. The first-order chi connectivity index (χ1) is 7.90. The number of aryl methyl sites for hydroxylation is 2. The normalized spacial score (nSPS) is 10.9. The molecule has 5 heteroatoms. The zero-order valence-electron chi connectivity index (χ0n) is 10.9. The van der Waals surface area contributed by atoms with Gasteiger partial charge in [-0.05, 0) is 19.8 Å². The first-order valence-electron chi connectivity index (χ1n) is 5.81. The number of hydrogen-bond acceptors (Lipinski definition) is 4. The van der Waals surface area contributed by atoms with Crippen LogP contribution in [0.3, 0.4) is 0 Å². The topological polar surface area (TPSA) is 53.4 Å². The standard InChI is InChI=1S/C12H20N2O2S/c1-8(2)7-14(6-5-11(15)16)12-13-9(3)10(4)17-12/h8H,5-7H2,1-4H3,(H,15,16). The van der Waals surface area contributed by atoms with Crippen LogP contribution in [0.4, 0.5) is 5.13 Å². The number of thiazole rings is 1. The van der Waals surface area contributed by atoms with Crippen molar-refractivity contribution in [2.75, 3.05) is 18.0 Å². The summed E-state index contributed by atoms with van der Waals surface area (Å²) in [5.74, 6) is -0.267. The molecule has 4 nitrogen and oxygen atoms in total. The van der Waals surface area contributed by atoms with Gasteiger partial charge in [0.1, 0.15) is 0 Å². The summed E-state index contributed by atoms with van der Waals surface area (Å²) in [6.07, 6.45) is 0.157. The van der Waals surface area contributed by atoms with Gasteiger partial charge in [0.25, 0.3) is 0 Å². The Morgan fingerprint density at radius 1 is 1.47 bits per heavy atom. The van der Waals surface area contributed by atoms with E-state index in [0.29, 0.717) is 12.5 Å². The highest BCUT2D eigenvalue weighted by Gasteiger charge is 2.14. The fourth-order valence-corrected chi connectivity index (χ4v) is 2.47. The molecular formula is C12H20N2O2S. The Bertz CT molecular complexity index is 368. The van der Waals surface area contributed by atoms with E-state index in [1.54, 1.807) is 11.3 Å². The second kappa shape index (κ2) is 6.00. The van der Waals surface area contributed by atoms with Crippen molar-refractivity contribution in [1.82, 2.24) is 4.98 Å². The lowest BCUT2D eigenvalue weighted by molar-refractivity contribution is -0.136. The molecule has 1 heterocycles. The van der Waals surface area contributed by atoms with Crippen LogP contribution < -0.4 is 4.90 Å². The number of nitrogens with zero attached hydrogens (tertiary/aromatic N) is 2. The lowest BCUT2D eigenvalue weighted by Gasteiger charge is -2.23.